The quantitative estimate of drug-likeness (QED) is 0.0540. The predicted octanol–water partition coefficient (Wildman–Crippen LogP) is 13.9. The molecule has 0 bridgehead atoms. The molecular weight excluding hydrogens is 520 g/mol. The van der Waals surface area contributed by atoms with Crippen molar-refractivity contribution >= 4 is 0 Å². The summed E-state index contributed by atoms with van der Waals surface area (Å²) in [6.45, 7) is 9.40. The minimum atomic E-state index is 1.23. The van der Waals surface area contributed by atoms with Gasteiger partial charge in [-0.1, -0.05) is 194 Å². The number of aryl methyl sites for hydroxylation is 2. The lowest BCUT2D eigenvalue weighted by Crippen LogP contribution is -2.37. The highest BCUT2D eigenvalue weighted by Gasteiger charge is 2.16. The summed E-state index contributed by atoms with van der Waals surface area (Å²) in [7, 11) is 0. The molecule has 0 aliphatic carbocycles. The van der Waals surface area contributed by atoms with E-state index in [1.165, 1.54) is 225 Å². The van der Waals surface area contributed by atoms with Crippen LogP contribution in [0.15, 0.2) is 12.4 Å². The Hall–Kier alpha value is -0.790. The summed E-state index contributed by atoms with van der Waals surface area (Å²) in [5, 5.41) is 0. The molecule has 254 valence electrons. The van der Waals surface area contributed by atoms with Gasteiger partial charge in [0.05, 0.1) is 13.1 Å². The maximum absolute atomic E-state index is 2.63. The molecule has 0 N–H and O–H groups in total. The first-order chi connectivity index (χ1) is 21.3. The Morgan fingerprint density at radius 1 is 0.395 bits per heavy atom. The highest BCUT2D eigenvalue weighted by Crippen LogP contribution is 2.16. The Balaban J connectivity index is 2.20. The van der Waals surface area contributed by atoms with Gasteiger partial charge in [0.15, 0.2) is 0 Å². The van der Waals surface area contributed by atoms with Crippen molar-refractivity contribution in [1.82, 2.24) is 4.57 Å². The Morgan fingerprint density at radius 3 is 1.12 bits per heavy atom. The smallest absolute Gasteiger partial charge is 0.234 e. The monoisotopic (exact) mass is 602 g/mol. The molecule has 0 fully saturated rings. The summed E-state index contributed by atoms with van der Waals surface area (Å²) in [5.41, 5.74) is 0. The van der Waals surface area contributed by atoms with Crippen LogP contribution in [0.25, 0.3) is 0 Å². The topological polar surface area (TPSA) is 8.81 Å². The van der Waals surface area contributed by atoms with Gasteiger partial charge in [-0.05, 0) is 32.1 Å². The summed E-state index contributed by atoms with van der Waals surface area (Å²) >= 11 is 0. The van der Waals surface area contributed by atoms with Gasteiger partial charge in [-0.15, -0.1) is 0 Å². The Bertz CT molecular complexity index is 663. The molecule has 0 aliphatic heterocycles. The van der Waals surface area contributed by atoms with Crippen molar-refractivity contribution in [3.63, 3.8) is 0 Å². The van der Waals surface area contributed by atoms with Crippen LogP contribution in [-0.4, -0.2) is 4.57 Å². The van der Waals surface area contributed by atoms with Crippen LogP contribution in [0.4, 0.5) is 0 Å². The van der Waals surface area contributed by atoms with Crippen molar-refractivity contribution in [3.05, 3.63) is 18.2 Å². The van der Waals surface area contributed by atoms with Gasteiger partial charge in [-0.3, -0.25) is 0 Å². The largest absolute Gasteiger partial charge is 0.256 e. The maximum Gasteiger partial charge on any atom is 0.256 e. The van der Waals surface area contributed by atoms with Crippen LogP contribution >= 0.6 is 0 Å². The molecule has 2 heteroatoms. The standard InChI is InChI=1S/C41H81N2/c1-4-7-10-13-16-18-19-20-21-22-23-24-25-26-27-30-33-36-41-42(37-34-31-28-15-12-9-6-3)39-40-43(41)38-35-32-29-17-14-11-8-5-2/h39-40H,4-38H2,1-3H3/q+1. The van der Waals surface area contributed by atoms with E-state index in [-0.39, 0.29) is 0 Å². The molecule has 1 aromatic heterocycles. The second-order valence-electron chi connectivity index (χ2n) is 14.1. The molecule has 0 aliphatic rings. The molecule has 1 aromatic rings. The van der Waals surface area contributed by atoms with Crippen LogP contribution in [0.1, 0.15) is 232 Å². The van der Waals surface area contributed by atoms with Crippen molar-refractivity contribution in [1.29, 1.82) is 0 Å². The van der Waals surface area contributed by atoms with E-state index < -0.39 is 0 Å². The van der Waals surface area contributed by atoms with Crippen LogP contribution in [0.5, 0.6) is 0 Å². The molecule has 2 nitrogen and oxygen atoms in total. The third kappa shape index (κ3) is 25.1. The molecule has 43 heavy (non-hydrogen) atoms. The number of hydrogen-bond donors (Lipinski definition) is 0. The summed E-state index contributed by atoms with van der Waals surface area (Å²) in [5.74, 6) is 1.62. The molecular formula is C41H81N2+. The van der Waals surface area contributed by atoms with Gasteiger partial charge in [-0.25, -0.2) is 9.13 Å². The van der Waals surface area contributed by atoms with Crippen LogP contribution in [0.3, 0.4) is 0 Å². The minimum Gasteiger partial charge on any atom is -0.234 e. The van der Waals surface area contributed by atoms with Gasteiger partial charge in [0, 0.05) is 6.42 Å². The normalized spacial score (nSPS) is 11.6. The van der Waals surface area contributed by atoms with Gasteiger partial charge < -0.3 is 0 Å². The zero-order valence-electron chi connectivity index (χ0n) is 30.3. The van der Waals surface area contributed by atoms with E-state index in [4.69, 9.17) is 0 Å². The fourth-order valence-corrected chi connectivity index (χ4v) is 6.86. The van der Waals surface area contributed by atoms with E-state index in [2.05, 4.69) is 42.3 Å². The number of aromatic nitrogens is 2. The van der Waals surface area contributed by atoms with Gasteiger partial charge >= 0.3 is 0 Å². The van der Waals surface area contributed by atoms with E-state index in [1.54, 1.807) is 5.82 Å². The molecule has 0 saturated heterocycles. The Morgan fingerprint density at radius 2 is 0.721 bits per heavy atom. The lowest BCUT2D eigenvalue weighted by atomic mass is 10.0. The highest BCUT2D eigenvalue weighted by atomic mass is 15.1. The molecule has 0 unspecified atom stereocenters. The first-order valence-corrected chi connectivity index (χ1v) is 20.4. The SMILES string of the molecule is CCCCCCCCCCCCCCCCCCCc1n(CCCCCCCCC)cc[n+]1CCCCCCCCCC. The molecule has 0 radical (unpaired) electrons. The number of hydrogen-bond acceptors (Lipinski definition) is 0. The van der Waals surface area contributed by atoms with E-state index >= 15 is 0 Å². The van der Waals surface area contributed by atoms with Gasteiger partial charge in [-0.2, -0.15) is 0 Å². The van der Waals surface area contributed by atoms with E-state index in [1.807, 2.05) is 0 Å². The summed E-state index contributed by atoms with van der Waals surface area (Å²) in [4.78, 5) is 0. The number of rotatable bonds is 35. The summed E-state index contributed by atoms with van der Waals surface area (Å²) < 4.78 is 5.26. The van der Waals surface area contributed by atoms with E-state index in [0.717, 1.165) is 0 Å². The summed E-state index contributed by atoms with van der Waals surface area (Å²) in [6, 6.07) is 0. The van der Waals surface area contributed by atoms with E-state index in [0.29, 0.717) is 0 Å². The van der Waals surface area contributed by atoms with Crippen LogP contribution < -0.4 is 4.57 Å². The van der Waals surface area contributed by atoms with Gasteiger partial charge in [0.1, 0.15) is 12.4 Å². The Labute approximate surface area is 272 Å². The molecule has 0 atom stereocenters. The molecule has 1 heterocycles. The maximum atomic E-state index is 2.63. The van der Waals surface area contributed by atoms with Crippen LogP contribution in [-0.2, 0) is 19.5 Å². The first-order valence-electron chi connectivity index (χ1n) is 20.4. The fourth-order valence-electron chi connectivity index (χ4n) is 6.86. The minimum absolute atomic E-state index is 1.23. The van der Waals surface area contributed by atoms with Crippen LogP contribution in [0.2, 0.25) is 0 Å². The molecule has 0 saturated carbocycles. The number of nitrogens with zero attached hydrogens (tertiary/aromatic N) is 2. The van der Waals surface area contributed by atoms with Gasteiger partial charge in [0.25, 0.3) is 5.82 Å². The van der Waals surface area contributed by atoms with Crippen molar-refractivity contribution in [2.45, 2.75) is 246 Å². The molecule has 1 rings (SSSR count). The zero-order valence-corrected chi connectivity index (χ0v) is 30.3. The molecule has 0 aromatic carbocycles. The average molecular weight is 602 g/mol. The Kier molecular flexibility index (Phi) is 30.5. The predicted molar refractivity (Wildman–Crippen MR) is 193 cm³/mol. The number of imidazole rings is 1. The fraction of sp³-hybridized carbons (Fsp3) is 0.927. The first kappa shape index (κ1) is 40.2. The average Bonchev–Trinajstić information content (AvgIpc) is 3.40. The van der Waals surface area contributed by atoms with Crippen molar-refractivity contribution in [2.75, 3.05) is 0 Å². The zero-order chi connectivity index (χ0) is 30.9. The third-order valence-corrected chi connectivity index (χ3v) is 9.85. The van der Waals surface area contributed by atoms with Crippen LogP contribution in [0, 0.1) is 0 Å². The second-order valence-corrected chi connectivity index (χ2v) is 14.1. The van der Waals surface area contributed by atoms with Crippen molar-refractivity contribution in [3.8, 4) is 0 Å². The van der Waals surface area contributed by atoms with E-state index in [9.17, 15) is 0 Å². The third-order valence-electron chi connectivity index (χ3n) is 9.85. The molecule has 0 amide bonds. The second kappa shape index (κ2) is 32.6. The molecule has 0 spiro atoms. The highest BCUT2D eigenvalue weighted by molar-refractivity contribution is 4.84. The lowest BCUT2D eigenvalue weighted by molar-refractivity contribution is -0.704. The summed E-state index contributed by atoms with van der Waals surface area (Å²) in [6.07, 6.45) is 51.9. The lowest BCUT2D eigenvalue weighted by Gasteiger charge is -2.07. The van der Waals surface area contributed by atoms with Gasteiger partial charge in [0.2, 0.25) is 0 Å². The van der Waals surface area contributed by atoms with Crippen molar-refractivity contribution < 1.29 is 4.57 Å². The number of unbranched alkanes of at least 4 members (excludes halogenated alkanes) is 29. The van der Waals surface area contributed by atoms with Crippen molar-refractivity contribution in [2.24, 2.45) is 0 Å².